The van der Waals surface area contributed by atoms with Crippen molar-refractivity contribution in [2.45, 2.75) is 25.8 Å². The largest absolute Gasteiger partial charge is 0.506 e. The molecule has 0 aliphatic rings. The van der Waals surface area contributed by atoms with Crippen molar-refractivity contribution in [3.05, 3.63) is 23.8 Å². The molecule has 0 saturated carbocycles. The second kappa shape index (κ2) is 7.04. The third kappa shape index (κ3) is 4.21. The number of urea groups is 1. The van der Waals surface area contributed by atoms with Gasteiger partial charge in [0.15, 0.2) is 0 Å². The zero-order valence-electron chi connectivity index (χ0n) is 11.0. The van der Waals surface area contributed by atoms with E-state index in [1.165, 1.54) is 12.1 Å². The van der Waals surface area contributed by atoms with E-state index in [-0.39, 0.29) is 23.0 Å². The zero-order valence-corrected chi connectivity index (χ0v) is 11.0. The van der Waals surface area contributed by atoms with Crippen LogP contribution < -0.4 is 10.6 Å². The van der Waals surface area contributed by atoms with Gasteiger partial charge in [-0.3, -0.25) is 0 Å². The molecule has 0 aromatic heterocycles. The second-order valence-corrected chi connectivity index (χ2v) is 4.14. The van der Waals surface area contributed by atoms with E-state index in [9.17, 15) is 14.7 Å². The van der Waals surface area contributed by atoms with Crippen molar-refractivity contribution in [2.24, 2.45) is 0 Å². The van der Waals surface area contributed by atoms with Crippen molar-refractivity contribution in [1.82, 2.24) is 5.32 Å². The standard InChI is InChI=1S/C14H16N2O4/c1-3-5-10(4-2)15-14(20)16-11-7-6-9(13(18)19)8-12(11)17/h2,6-8,10,17H,3,5H2,1H3,(H,18,19)(H2,15,16,20). The number of carboxylic acids is 1. The van der Waals surface area contributed by atoms with Crippen LogP contribution in [0.2, 0.25) is 0 Å². The molecule has 2 amide bonds. The molecule has 0 aliphatic heterocycles. The predicted molar refractivity (Wildman–Crippen MR) is 74.7 cm³/mol. The highest BCUT2D eigenvalue weighted by molar-refractivity contribution is 5.93. The molecular formula is C14H16N2O4. The Hall–Kier alpha value is -2.68. The summed E-state index contributed by atoms with van der Waals surface area (Å²) in [7, 11) is 0. The number of rotatable bonds is 5. The van der Waals surface area contributed by atoms with E-state index in [4.69, 9.17) is 11.5 Å². The SMILES string of the molecule is C#CC(CCC)NC(=O)Nc1ccc(C(=O)O)cc1O. The molecule has 106 valence electrons. The quantitative estimate of drug-likeness (QED) is 0.488. The topological polar surface area (TPSA) is 98.7 Å². The fourth-order valence-corrected chi connectivity index (χ4v) is 1.57. The lowest BCUT2D eigenvalue weighted by atomic mass is 10.2. The van der Waals surface area contributed by atoms with Gasteiger partial charge in [0.2, 0.25) is 0 Å². The van der Waals surface area contributed by atoms with Crippen LogP contribution in [-0.2, 0) is 0 Å². The first-order valence-electron chi connectivity index (χ1n) is 6.07. The fraction of sp³-hybridized carbons (Fsp3) is 0.286. The van der Waals surface area contributed by atoms with Gasteiger partial charge in [0.05, 0.1) is 17.3 Å². The van der Waals surface area contributed by atoms with E-state index in [0.717, 1.165) is 12.5 Å². The number of carboxylic acid groups (broad SMARTS) is 1. The molecule has 1 aromatic rings. The van der Waals surface area contributed by atoms with E-state index in [1.807, 2.05) is 6.92 Å². The summed E-state index contributed by atoms with van der Waals surface area (Å²) < 4.78 is 0. The Labute approximate surface area is 116 Å². The highest BCUT2D eigenvalue weighted by atomic mass is 16.4. The number of carbonyl (C=O) groups excluding carboxylic acids is 1. The number of carbonyl (C=O) groups is 2. The summed E-state index contributed by atoms with van der Waals surface area (Å²) in [6.45, 7) is 1.94. The summed E-state index contributed by atoms with van der Waals surface area (Å²) in [5.74, 6) is 0.960. The average Bonchev–Trinajstić information content (AvgIpc) is 2.40. The van der Waals surface area contributed by atoms with E-state index in [0.29, 0.717) is 6.42 Å². The van der Waals surface area contributed by atoms with Gasteiger partial charge in [0.1, 0.15) is 5.75 Å². The number of hydrogen-bond donors (Lipinski definition) is 4. The Morgan fingerprint density at radius 3 is 2.65 bits per heavy atom. The van der Waals surface area contributed by atoms with E-state index in [2.05, 4.69) is 16.6 Å². The molecule has 0 bridgehead atoms. The molecule has 0 heterocycles. The maximum atomic E-state index is 11.7. The molecule has 1 aromatic carbocycles. The number of aromatic carboxylic acids is 1. The number of phenols is 1. The predicted octanol–water partition coefficient (Wildman–Crippen LogP) is 2.01. The van der Waals surface area contributed by atoms with Gasteiger partial charge in [0.25, 0.3) is 0 Å². The Bertz CT molecular complexity index is 549. The molecule has 6 nitrogen and oxygen atoms in total. The van der Waals surface area contributed by atoms with Gasteiger partial charge in [0, 0.05) is 0 Å². The summed E-state index contributed by atoms with van der Waals surface area (Å²) in [4.78, 5) is 22.4. The minimum Gasteiger partial charge on any atom is -0.506 e. The fourth-order valence-electron chi connectivity index (χ4n) is 1.57. The number of aromatic hydroxyl groups is 1. The van der Waals surface area contributed by atoms with Crippen LogP contribution in [0, 0.1) is 12.3 Å². The summed E-state index contributed by atoms with van der Waals surface area (Å²) in [6.07, 6.45) is 6.75. The maximum Gasteiger partial charge on any atom is 0.335 e. The minimum absolute atomic E-state index is 0.0686. The lowest BCUT2D eigenvalue weighted by molar-refractivity contribution is 0.0696. The number of nitrogens with one attached hydrogen (secondary N) is 2. The number of terminal acetylenes is 1. The van der Waals surface area contributed by atoms with E-state index >= 15 is 0 Å². The van der Waals surface area contributed by atoms with Crippen molar-refractivity contribution in [1.29, 1.82) is 0 Å². The Balaban J connectivity index is 2.71. The Morgan fingerprint density at radius 2 is 2.15 bits per heavy atom. The third-order valence-electron chi connectivity index (χ3n) is 2.58. The van der Waals surface area contributed by atoms with Crippen LogP contribution in [0.1, 0.15) is 30.1 Å². The maximum absolute atomic E-state index is 11.7. The van der Waals surface area contributed by atoms with Crippen LogP contribution in [-0.4, -0.2) is 28.3 Å². The first-order valence-corrected chi connectivity index (χ1v) is 6.07. The molecule has 1 rings (SSSR count). The summed E-state index contributed by atoms with van der Waals surface area (Å²) in [5, 5.41) is 23.4. The monoisotopic (exact) mass is 276 g/mol. The lowest BCUT2D eigenvalue weighted by Crippen LogP contribution is -2.37. The summed E-state index contributed by atoms with van der Waals surface area (Å²) >= 11 is 0. The van der Waals surface area contributed by atoms with Crippen LogP contribution in [0.3, 0.4) is 0 Å². The first kappa shape index (κ1) is 15.4. The summed E-state index contributed by atoms with van der Waals surface area (Å²) in [6, 6.07) is 2.70. The molecule has 0 spiro atoms. The molecule has 0 saturated heterocycles. The third-order valence-corrected chi connectivity index (χ3v) is 2.58. The smallest absolute Gasteiger partial charge is 0.335 e. The molecule has 0 radical (unpaired) electrons. The molecule has 4 N–H and O–H groups in total. The zero-order chi connectivity index (χ0) is 15.1. The number of amides is 2. The normalized spacial score (nSPS) is 11.2. The lowest BCUT2D eigenvalue weighted by Gasteiger charge is -2.13. The van der Waals surface area contributed by atoms with Crippen molar-refractivity contribution in [3.8, 4) is 18.1 Å². The van der Waals surface area contributed by atoms with Crippen LogP contribution >= 0.6 is 0 Å². The van der Waals surface area contributed by atoms with Gasteiger partial charge >= 0.3 is 12.0 Å². The highest BCUT2D eigenvalue weighted by Gasteiger charge is 2.12. The van der Waals surface area contributed by atoms with Crippen molar-refractivity contribution >= 4 is 17.7 Å². The van der Waals surface area contributed by atoms with Crippen molar-refractivity contribution in [2.75, 3.05) is 5.32 Å². The Morgan fingerprint density at radius 1 is 1.45 bits per heavy atom. The molecule has 0 aliphatic carbocycles. The van der Waals surface area contributed by atoms with Gasteiger partial charge in [-0.25, -0.2) is 9.59 Å². The molecule has 20 heavy (non-hydrogen) atoms. The molecule has 1 atom stereocenters. The van der Waals surface area contributed by atoms with E-state index in [1.54, 1.807) is 0 Å². The minimum atomic E-state index is -1.16. The molecule has 1 unspecified atom stereocenters. The highest BCUT2D eigenvalue weighted by Crippen LogP contribution is 2.24. The number of anilines is 1. The molecular weight excluding hydrogens is 260 g/mol. The number of benzene rings is 1. The van der Waals surface area contributed by atoms with Gasteiger partial charge in [-0.15, -0.1) is 6.42 Å². The van der Waals surface area contributed by atoms with Crippen LogP contribution in [0.5, 0.6) is 5.75 Å². The van der Waals surface area contributed by atoms with Gasteiger partial charge < -0.3 is 20.8 Å². The van der Waals surface area contributed by atoms with Gasteiger partial charge in [-0.05, 0) is 24.6 Å². The van der Waals surface area contributed by atoms with Crippen molar-refractivity contribution in [3.63, 3.8) is 0 Å². The number of hydrogen-bond acceptors (Lipinski definition) is 3. The van der Waals surface area contributed by atoms with Crippen LogP contribution in [0.25, 0.3) is 0 Å². The summed E-state index contributed by atoms with van der Waals surface area (Å²) in [5.41, 5.74) is 0.0423. The van der Waals surface area contributed by atoms with Crippen molar-refractivity contribution < 1.29 is 19.8 Å². The van der Waals surface area contributed by atoms with E-state index < -0.39 is 12.0 Å². The van der Waals surface area contributed by atoms with Gasteiger partial charge in [-0.1, -0.05) is 19.3 Å². The molecule has 0 fully saturated rings. The van der Waals surface area contributed by atoms with Crippen LogP contribution in [0.4, 0.5) is 10.5 Å². The van der Waals surface area contributed by atoms with Crippen LogP contribution in [0.15, 0.2) is 18.2 Å². The second-order valence-electron chi connectivity index (χ2n) is 4.14. The first-order chi connectivity index (χ1) is 9.47. The Kier molecular flexibility index (Phi) is 5.42. The van der Waals surface area contributed by atoms with Gasteiger partial charge in [-0.2, -0.15) is 0 Å². The average molecular weight is 276 g/mol. The molecule has 6 heteroatoms. The number of phenolic OH excluding ortho intramolecular Hbond substituents is 1.